The number of aldehydes is 1. The molecule has 1 atom stereocenters. The van der Waals surface area contributed by atoms with Gasteiger partial charge in [0.1, 0.15) is 6.04 Å². The Morgan fingerprint density at radius 3 is 2.32 bits per heavy atom. The van der Waals surface area contributed by atoms with E-state index in [1.165, 1.54) is 38.2 Å². The van der Waals surface area contributed by atoms with Crippen LogP contribution in [0.1, 0.15) is 77.6 Å². The number of carbonyl (C=O) groups excluding carboxylic acids is 4. The highest BCUT2D eigenvalue weighted by Crippen LogP contribution is 2.13. The summed E-state index contributed by atoms with van der Waals surface area (Å²) in [5.74, 6) is -1.99. The Bertz CT molecular complexity index is 498. The number of nitrogens with one attached hydrogen (secondary N) is 1. The Labute approximate surface area is 149 Å². The van der Waals surface area contributed by atoms with E-state index in [0.29, 0.717) is 12.8 Å². The van der Waals surface area contributed by atoms with Crippen LogP contribution in [0.4, 0.5) is 0 Å². The molecule has 1 aliphatic heterocycles. The van der Waals surface area contributed by atoms with E-state index in [1.807, 2.05) is 0 Å². The van der Waals surface area contributed by atoms with Gasteiger partial charge >= 0.3 is 5.97 Å². The Morgan fingerprint density at radius 2 is 1.76 bits per heavy atom. The van der Waals surface area contributed by atoms with Crippen LogP contribution in [0.5, 0.6) is 0 Å². The molecule has 1 fully saturated rings. The predicted molar refractivity (Wildman–Crippen MR) is 93.6 cm³/mol. The van der Waals surface area contributed by atoms with Crippen LogP contribution < -0.4 is 5.32 Å². The van der Waals surface area contributed by atoms with Gasteiger partial charge in [0.05, 0.1) is 0 Å². The minimum Gasteiger partial charge on any atom is -0.421 e. The van der Waals surface area contributed by atoms with Gasteiger partial charge in [-0.2, -0.15) is 0 Å². The van der Waals surface area contributed by atoms with Crippen LogP contribution >= 0.6 is 0 Å². The number of rotatable bonds is 13. The summed E-state index contributed by atoms with van der Waals surface area (Å²) >= 11 is 0. The zero-order chi connectivity index (χ0) is 18.5. The van der Waals surface area contributed by atoms with Gasteiger partial charge in [-0.25, -0.2) is 4.79 Å². The van der Waals surface area contributed by atoms with Crippen molar-refractivity contribution >= 4 is 23.9 Å². The summed E-state index contributed by atoms with van der Waals surface area (Å²) in [5, 5.41) is 2.48. The van der Waals surface area contributed by atoms with Crippen LogP contribution in [0.25, 0.3) is 0 Å². The highest BCUT2D eigenvalue weighted by atomic mass is 16.5. The van der Waals surface area contributed by atoms with Gasteiger partial charge in [-0.05, 0) is 25.3 Å². The molecular weight excluding hydrogens is 322 g/mol. The molecule has 1 amide bonds. The van der Waals surface area contributed by atoms with E-state index >= 15 is 0 Å². The van der Waals surface area contributed by atoms with Crippen molar-refractivity contribution in [2.75, 3.05) is 0 Å². The fourth-order valence-corrected chi connectivity index (χ4v) is 2.73. The third-order valence-electron chi connectivity index (χ3n) is 4.23. The van der Waals surface area contributed by atoms with E-state index in [1.54, 1.807) is 0 Å². The topological polar surface area (TPSA) is 89.5 Å². The number of Topliss-reactive ketones (excluding diaryl/α,β-unsaturated/α-hetero) is 1. The van der Waals surface area contributed by atoms with Crippen LogP contribution in [0.15, 0.2) is 11.8 Å². The van der Waals surface area contributed by atoms with Crippen LogP contribution in [-0.2, 0) is 23.9 Å². The fourth-order valence-electron chi connectivity index (χ4n) is 2.73. The van der Waals surface area contributed by atoms with Crippen molar-refractivity contribution in [1.82, 2.24) is 5.32 Å². The van der Waals surface area contributed by atoms with Gasteiger partial charge in [-0.3, -0.25) is 14.4 Å². The molecule has 6 nitrogen and oxygen atoms in total. The first kappa shape index (κ1) is 21.1. The molecule has 1 rings (SSSR count). The first-order valence-electron chi connectivity index (χ1n) is 9.29. The lowest BCUT2D eigenvalue weighted by molar-refractivity contribution is -0.145. The van der Waals surface area contributed by atoms with Crippen molar-refractivity contribution in [3.63, 3.8) is 0 Å². The fraction of sp³-hybridized carbons (Fsp3) is 0.684. The molecule has 6 heteroatoms. The second-order valence-corrected chi connectivity index (χ2v) is 6.39. The Balaban J connectivity index is 2.33. The number of hydrogen-bond donors (Lipinski definition) is 1. The molecule has 0 aliphatic carbocycles. The van der Waals surface area contributed by atoms with E-state index in [2.05, 4.69) is 12.2 Å². The van der Waals surface area contributed by atoms with E-state index in [0.717, 1.165) is 19.3 Å². The van der Waals surface area contributed by atoms with Gasteiger partial charge in [0.15, 0.2) is 12.0 Å². The number of ether oxygens (including phenoxy) is 1. The number of carbonyl (C=O) groups is 4. The lowest BCUT2D eigenvalue weighted by atomic mass is 10.1. The lowest BCUT2D eigenvalue weighted by Crippen LogP contribution is -2.35. The Hall–Kier alpha value is -1.98. The summed E-state index contributed by atoms with van der Waals surface area (Å²) < 4.78 is 5.03. The van der Waals surface area contributed by atoms with Crippen molar-refractivity contribution in [2.24, 2.45) is 0 Å². The molecule has 0 aromatic heterocycles. The van der Waals surface area contributed by atoms with Crippen LogP contribution in [-0.4, -0.2) is 30.0 Å². The quantitative estimate of drug-likeness (QED) is 0.138. The third-order valence-corrected chi connectivity index (χ3v) is 4.23. The van der Waals surface area contributed by atoms with Gasteiger partial charge in [-0.15, -0.1) is 0 Å². The molecule has 0 spiro atoms. The first-order chi connectivity index (χ1) is 12.1. The lowest BCUT2D eigenvalue weighted by Gasteiger charge is -2.10. The van der Waals surface area contributed by atoms with Gasteiger partial charge < -0.3 is 10.1 Å². The summed E-state index contributed by atoms with van der Waals surface area (Å²) in [6.07, 6.45) is 12.1. The van der Waals surface area contributed by atoms with Crippen LogP contribution in [0.2, 0.25) is 0 Å². The van der Waals surface area contributed by atoms with E-state index in [9.17, 15) is 19.2 Å². The average molecular weight is 351 g/mol. The third kappa shape index (κ3) is 8.61. The number of hydrogen-bond acceptors (Lipinski definition) is 5. The summed E-state index contributed by atoms with van der Waals surface area (Å²) in [7, 11) is 0. The highest BCUT2D eigenvalue weighted by molar-refractivity contribution is 6.32. The van der Waals surface area contributed by atoms with E-state index < -0.39 is 17.8 Å². The van der Waals surface area contributed by atoms with Crippen LogP contribution in [0.3, 0.4) is 0 Å². The SMILES string of the molecule is CCCCCCCCCCC=C(OC(=O)C1CCC(=O)N1)C(=O)C=O. The van der Waals surface area contributed by atoms with Gasteiger partial charge in [0.2, 0.25) is 5.91 Å². The predicted octanol–water partition coefficient (Wildman–Crippen LogP) is 2.99. The average Bonchev–Trinajstić information content (AvgIpc) is 3.05. The summed E-state index contributed by atoms with van der Waals surface area (Å²) in [6.45, 7) is 2.19. The largest absolute Gasteiger partial charge is 0.421 e. The Morgan fingerprint density at radius 1 is 1.12 bits per heavy atom. The second kappa shape index (κ2) is 12.4. The normalized spacial score (nSPS) is 17.2. The monoisotopic (exact) mass is 351 g/mol. The zero-order valence-electron chi connectivity index (χ0n) is 15.1. The molecule has 0 radical (unpaired) electrons. The number of allylic oxidation sites excluding steroid dienone is 2. The van der Waals surface area contributed by atoms with Gasteiger partial charge in [-0.1, -0.05) is 51.9 Å². The molecule has 0 saturated carbocycles. The molecule has 1 aliphatic rings. The molecule has 0 aromatic rings. The van der Waals surface area contributed by atoms with E-state index in [-0.39, 0.29) is 24.4 Å². The molecule has 1 unspecified atom stereocenters. The van der Waals surface area contributed by atoms with E-state index in [4.69, 9.17) is 4.74 Å². The molecule has 0 bridgehead atoms. The van der Waals surface area contributed by atoms with Crippen molar-refractivity contribution < 1.29 is 23.9 Å². The van der Waals surface area contributed by atoms with Crippen molar-refractivity contribution in [3.05, 3.63) is 11.8 Å². The van der Waals surface area contributed by atoms with Crippen LogP contribution in [0, 0.1) is 0 Å². The standard InChI is InChI=1S/C19H29NO5/c1-2-3-4-5-6-7-8-9-10-11-17(16(22)14-21)25-19(24)15-12-13-18(23)20-15/h11,14-15H,2-10,12-13H2,1H3,(H,20,23). The molecule has 1 N–H and O–H groups in total. The zero-order valence-corrected chi connectivity index (χ0v) is 15.1. The van der Waals surface area contributed by atoms with Crippen molar-refractivity contribution in [1.29, 1.82) is 0 Å². The maximum atomic E-state index is 11.9. The molecular formula is C19H29NO5. The molecule has 1 heterocycles. The number of ketones is 1. The maximum absolute atomic E-state index is 11.9. The first-order valence-corrected chi connectivity index (χ1v) is 9.29. The number of unbranched alkanes of at least 4 members (excludes halogenated alkanes) is 8. The second-order valence-electron chi connectivity index (χ2n) is 6.39. The highest BCUT2D eigenvalue weighted by Gasteiger charge is 2.30. The maximum Gasteiger partial charge on any atom is 0.334 e. The molecule has 1 saturated heterocycles. The molecule has 140 valence electrons. The molecule has 0 aromatic carbocycles. The van der Waals surface area contributed by atoms with Gasteiger partial charge in [0, 0.05) is 6.42 Å². The number of amides is 1. The minimum absolute atomic E-state index is 0.139. The smallest absolute Gasteiger partial charge is 0.334 e. The van der Waals surface area contributed by atoms with Gasteiger partial charge in [0.25, 0.3) is 5.78 Å². The summed E-state index contributed by atoms with van der Waals surface area (Å²) in [5.41, 5.74) is 0. The molecule has 25 heavy (non-hydrogen) atoms. The van der Waals surface area contributed by atoms with Crippen molar-refractivity contribution in [2.45, 2.75) is 83.6 Å². The van der Waals surface area contributed by atoms with Crippen molar-refractivity contribution in [3.8, 4) is 0 Å². The summed E-state index contributed by atoms with van der Waals surface area (Å²) in [6, 6.07) is -0.738. The Kier molecular flexibility index (Phi) is 10.4. The summed E-state index contributed by atoms with van der Waals surface area (Å²) in [4.78, 5) is 45.4. The number of esters is 1. The minimum atomic E-state index is -0.850.